The minimum atomic E-state index is -0.547. The summed E-state index contributed by atoms with van der Waals surface area (Å²) < 4.78 is 14.1. The number of hydrogen-bond acceptors (Lipinski definition) is 3. The summed E-state index contributed by atoms with van der Waals surface area (Å²) in [4.78, 5) is 15.7. The van der Waals surface area contributed by atoms with E-state index < -0.39 is 11.7 Å². The van der Waals surface area contributed by atoms with Crippen LogP contribution in [-0.2, 0) is 0 Å². The van der Waals surface area contributed by atoms with Gasteiger partial charge in [0, 0.05) is 10.7 Å². The number of nitrogens with one attached hydrogen (secondary N) is 1. The van der Waals surface area contributed by atoms with E-state index in [2.05, 4.69) is 26.2 Å². The molecule has 3 N–H and O–H groups in total. The van der Waals surface area contributed by atoms with Gasteiger partial charge < -0.3 is 11.1 Å². The van der Waals surface area contributed by atoms with Gasteiger partial charge in [0.05, 0.1) is 11.4 Å². The number of nitrogens with zero attached hydrogens (tertiary/aromatic N) is 1. The molecule has 0 aliphatic heterocycles. The molecule has 0 radical (unpaired) electrons. The summed E-state index contributed by atoms with van der Waals surface area (Å²) in [7, 11) is 0. The summed E-state index contributed by atoms with van der Waals surface area (Å²) in [5, 5.41) is 2.42. The van der Waals surface area contributed by atoms with E-state index >= 15 is 0 Å². The number of anilines is 2. The molecule has 4 nitrogen and oxygen atoms in total. The normalized spacial score (nSPS) is 10.1. The Morgan fingerprint density at radius 3 is 2.83 bits per heavy atom. The highest BCUT2D eigenvalue weighted by molar-refractivity contribution is 9.10. The van der Waals surface area contributed by atoms with Crippen LogP contribution in [0.3, 0.4) is 0 Å². The Labute approximate surface area is 111 Å². The van der Waals surface area contributed by atoms with Gasteiger partial charge in [-0.3, -0.25) is 4.79 Å². The highest BCUT2D eigenvalue weighted by Crippen LogP contribution is 2.20. The van der Waals surface area contributed by atoms with Crippen molar-refractivity contribution in [3.05, 3.63) is 52.5 Å². The molecule has 1 heterocycles. The number of hydrogen-bond donors (Lipinski definition) is 2. The van der Waals surface area contributed by atoms with Gasteiger partial charge in [-0.25, -0.2) is 9.37 Å². The molecule has 0 saturated heterocycles. The largest absolute Gasteiger partial charge is 0.397 e. The quantitative estimate of drug-likeness (QED) is 0.896. The van der Waals surface area contributed by atoms with Gasteiger partial charge in [-0.2, -0.15) is 0 Å². The Kier molecular flexibility index (Phi) is 3.57. The number of aromatic nitrogens is 1. The van der Waals surface area contributed by atoms with Gasteiger partial charge in [-0.1, -0.05) is 15.9 Å². The minimum Gasteiger partial charge on any atom is -0.397 e. The molecule has 92 valence electrons. The molecule has 0 bridgehead atoms. The molecule has 0 spiro atoms. The van der Waals surface area contributed by atoms with Crippen molar-refractivity contribution in [2.24, 2.45) is 0 Å². The summed E-state index contributed by atoms with van der Waals surface area (Å²) in [6.07, 6.45) is 1.45. The lowest BCUT2D eigenvalue weighted by Gasteiger charge is -2.07. The zero-order valence-corrected chi connectivity index (χ0v) is 10.7. The van der Waals surface area contributed by atoms with Crippen molar-refractivity contribution in [2.45, 2.75) is 0 Å². The number of carbonyl (C=O) groups excluding carboxylic acids is 1. The van der Waals surface area contributed by atoms with E-state index in [9.17, 15) is 9.18 Å². The summed E-state index contributed by atoms with van der Waals surface area (Å²) in [6.45, 7) is 0. The smallest absolute Gasteiger partial charge is 0.276 e. The lowest BCUT2D eigenvalue weighted by atomic mass is 10.2. The Morgan fingerprint density at radius 2 is 2.17 bits per heavy atom. The second-order valence-corrected chi connectivity index (χ2v) is 4.44. The van der Waals surface area contributed by atoms with Crippen molar-refractivity contribution in [1.29, 1.82) is 0 Å². The molecule has 1 aromatic carbocycles. The second kappa shape index (κ2) is 5.14. The lowest BCUT2D eigenvalue weighted by molar-refractivity contribution is 0.102. The van der Waals surface area contributed by atoms with Crippen LogP contribution in [0.25, 0.3) is 0 Å². The fraction of sp³-hybridized carbons (Fsp3) is 0. The van der Waals surface area contributed by atoms with Gasteiger partial charge in [-0.05, 0) is 30.3 Å². The van der Waals surface area contributed by atoms with Crippen LogP contribution in [-0.4, -0.2) is 10.9 Å². The SMILES string of the molecule is Nc1cccnc1C(=O)Nc1ccc(Br)cc1F. The molecule has 0 fully saturated rings. The average molecular weight is 310 g/mol. The molecule has 0 aliphatic carbocycles. The van der Waals surface area contributed by atoms with Crippen molar-refractivity contribution in [1.82, 2.24) is 4.98 Å². The Morgan fingerprint density at radius 1 is 1.39 bits per heavy atom. The van der Waals surface area contributed by atoms with Crippen LogP contribution in [0.4, 0.5) is 15.8 Å². The van der Waals surface area contributed by atoms with Crippen molar-refractivity contribution < 1.29 is 9.18 Å². The third kappa shape index (κ3) is 2.65. The zero-order valence-electron chi connectivity index (χ0n) is 9.15. The summed E-state index contributed by atoms with van der Waals surface area (Å²) in [5.74, 6) is -1.08. The van der Waals surface area contributed by atoms with Gasteiger partial charge in [0.15, 0.2) is 5.69 Å². The molecule has 1 aromatic heterocycles. The van der Waals surface area contributed by atoms with Crippen LogP contribution >= 0.6 is 15.9 Å². The summed E-state index contributed by atoms with van der Waals surface area (Å²) in [6, 6.07) is 7.51. The lowest BCUT2D eigenvalue weighted by Crippen LogP contribution is -2.16. The van der Waals surface area contributed by atoms with Crippen LogP contribution in [0.5, 0.6) is 0 Å². The van der Waals surface area contributed by atoms with Crippen LogP contribution in [0.15, 0.2) is 41.0 Å². The molecule has 2 aromatic rings. The molecule has 0 saturated carbocycles. The Hall–Kier alpha value is -1.95. The number of halogens is 2. The predicted octanol–water partition coefficient (Wildman–Crippen LogP) is 2.82. The van der Waals surface area contributed by atoms with E-state index in [1.54, 1.807) is 18.2 Å². The molecular formula is C12H9BrFN3O. The van der Waals surface area contributed by atoms with E-state index in [0.717, 1.165) is 0 Å². The van der Waals surface area contributed by atoms with Gasteiger partial charge in [0.1, 0.15) is 5.82 Å². The van der Waals surface area contributed by atoms with Crippen LogP contribution in [0.2, 0.25) is 0 Å². The molecule has 1 amide bonds. The zero-order chi connectivity index (χ0) is 13.1. The van der Waals surface area contributed by atoms with Crippen LogP contribution in [0.1, 0.15) is 10.5 Å². The first-order chi connectivity index (χ1) is 8.58. The molecule has 0 aliphatic rings. The predicted molar refractivity (Wildman–Crippen MR) is 70.7 cm³/mol. The van der Waals surface area contributed by atoms with E-state index in [1.165, 1.54) is 18.3 Å². The Bertz CT molecular complexity index is 604. The average Bonchev–Trinajstić information content (AvgIpc) is 2.33. The van der Waals surface area contributed by atoms with E-state index in [1.807, 2.05) is 0 Å². The first-order valence-electron chi connectivity index (χ1n) is 5.05. The number of nitrogens with two attached hydrogens (primary N) is 1. The Balaban J connectivity index is 2.24. The molecule has 0 unspecified atom stereocenters. The monoisotopic (exact) mass is 309 g/mol. The van der Waals surface area contributed by atoms with Crippen LogP contribution < -0.4 is 11.1 Å². The van der Waals surface area contributed by atoms with Crippen molar-refractivity contribution in [2.75, 3.05) is 11.1 Å². The number of amides is 1. The van der Waals surface area contributed by atoms with Gasteiger partial charge in [0.25, 0.3) is 5.91 Å². The number of carbonyl (C=O) groups is 1. The topological polar surface area (TPSA) is 68.0 Å². The summed E-state index contributed by atoms with van der Waals surface area (Å²) in [5.41, 5.74) is 6.00. The maximum atomic E-state index is 13.5. The van der Waals surface area contributed by atoms with Gasteiger partial charge >= 0.3 is 0 Å². The summed E-state index contributed by atoms with van der Waals surface area (Å²) >= 11 is 3.13. The maximum Gasteiger partial charge on any atom is 0.276 e. The number of rotatable bonds is 2. The molecule has 18 heavy (non-hydrogen) atoms. The second-order valence-electron chi connectivity index (χ2n) is 3.52. The number of nitrogen functional groups attached to an aromatic ring is 1. The molecule has 0 atom stereocenters. The highest BCUT2D eigenvalue weighted by atomic mass is 79.9. The van der Waals surface area contributed by atoms with Crippen molar-refractivity contribution in [3.8, 4) is 0 Å². The standard InChI is InChI=1S/C12H9BrFN3O/c13-7-3-4-10(8(14)6-7)17-12(18)11-9(15)2-1-5-16-11/h1-6H,15H2,(H,17,18). The van der Waals surface area contributed by atoms with Crippen molar-refractivity contribution >= 4 is 33.2 Å². The van der Waals surface area contributed by atoms with E-state index in [4.69, 9.17) is 5.73 Å². The maximum absolute atomic E-state index is 13.5. The minimum absolute atomic E-state index is 0.0693. The van der Waals surface area contributed by atoms with E-state index in [-0.39, 0.29) is 17.1 Å². The third-order valence-corrected chi connectivity index (χ3v) is 2.73. The molecule has 2 rings (SSSR count). The van der Waals surface area contributed by atoms with E-state index in [0.29, 0.717) is 4.47 Å². The van der Waals surface area contributed by atoms with Gasteiger partial charge in [-0.15, -0.1) is 0 Å². The molecular weight excluding hydrogens is 301 g/mol. The highest BCUT2D eigenvalue weighted by Gasteiger charge is 2.13. The fourth-order valence-corrected chi connectivity index (χ4v) is 1.71. The first-order valence-corrected chi connectivity index (χ1v) is 5.84. The van der Waals surface area contributed by atoms with Crippen molar-refractivity contribution in [3.63, 3.8) is 0 Å². The number of pyridine rings is 1. The number of benzene rings is 1. The van der Waals surface area contributed by atoms with Crippen LogP contribution in [0, 0.1) is 5.82 Å². The first kappa shape index (κ1) is 12.5. The van der Waals surface area contributed by atoms with Gasteiger partial charge in [0.2, 0.25) is 0 Å². The fourth-order valence-electron chi connectivity index (χ4n) is 1.38. The molecule has 6 heteroatoms. The third-order valence-electron chi connectivity index (χ3n) is 2.23.